The first-order chi connectivity index (χ1) is 10.2. The molecule has 2 aromatic rings. The standard InChI is InChI=1S/C15H12ClN3OS/c16-12-3-5-13(6-4-12)18-15-19(14(20)10-21-15)9-11-2-1-7-17-8-11/h1-8H,9-10H2. The summed E-state index contributed by atoms with van der Waals surface area (Å²) in [5.74, 6) is 0.490. The van der Waals surface area contributed by atoms with Crippen LogP contribution >= 0.6 is 23.4 Å². The number of hydrogen-bond acceptors (Lipinski definition) is 4. The Balaban J connectivity index is 1.83. The molecule has 1 saturated heterocycles. The number of rotatable bonds is 3. The van der Waals surface area contributed by atoms with E-state index in [1.807, 2.05) is 24.3 Å². The van der Waals surface area contributed by atoms with Crippen molar-refractivity contribution in [3.63, 3.8) is 0 Å². The lowest BCUT2D eigenvalue weighted by Gasteiger charge is -2.15. The van der Waals surface area contributed by atoms with E-state index in [1.54, 1.807) is 29.4 Å². The van der Waals surface area contributed by atoms with Crippen LogP contribution in [0.4, 0.5) is 5.69 Å². The number of aromatic nitrogens is 1. The predicted octanol–water partition coefficient (Wildman–Crippen LogP) is 3.50. The topological polar surface area (TPSA) is 45.6 Å². The monoisotopic (exact) mass is 317 g/mol. The molecule has 106 valence electrons. The number of pyridine rings is 1. The van der Waals surface area contributed by atoms with Crippen LogP contribution in [0.5, 0.6) is 0 Å². The van der Waals surface area contributed by atoms with Gasteiger partial charge in [0.25, 0.3) is 0 Å². The maximum atomic E-state index is 12.0. The summed E-state index contributed by atoms with van der Waals surface area (Å²) in [7, 11) is 0. The molecule has 3 rings (SSSR count). The van der Waals surface area contributed by atoms with E-state index in [0.717, 1.165) is 11.3 Å². The first kappa shape index (κ1) is 14.1. The minimum absolute atomic E-state index is 0.0663. The first-order valence-corrected chi connectivity index (χ1v) is 7.75. The number of thioether (sulfide) groups is 1. The van der Waals surface area contributed by atoms with E-state index in [0.29, 0.717) is 22.5 Å². The summed E-state index contributed by atoms with van der Waals surface area (Å²) in [5, 5.41) is 1.38. The molecule has 0 unspecified atom stereocenters. The third-order valence-electron chi connectivity index (χ3n) is 2.97. The summed E-state index contributed by atoms with van der Waals surface area (Å²) in [6, 6.07) is 11.0. The molecule has 1 aliphatic heterocycles. The molecule has 0 aliphatic carbocycles. The normalized spacial score (nSPS) is 16.7. The molecule has 4 nitrogen and oxygen atoms in total. The van der Waals surface area contributed by atoms with E-state index in [4.69, 9.17) is 11.6 Å². The number of carbonyl (C=O) groups excluding carboxylic acids is 1. The fourth-order valence-corrected chi connectivity index (χ4v) is 2.96. The largest absolute Gasteiger partial charge is 0.286 e. The number of aliphatic imine (C=N–C) groups is 1. The van der Waals surface area contributed by atoms with Crippen LogP contribution in [0.1, 0.15) is 5.56 Å². The molecule has 1 aromatic carbocycles. The molecule has 0 bridgehead atoms. The van der Waals surface area contributed by atoms with Crippen molar-refractivity contribution in [2.75, 3.05) is 5.75 Å². The van der Waals surface area contributed by atoms with E-state index >= 15 is 0 Å². The molecule has 1 amide bonds. The summed E-state index contributed by atoms with van der Waals surface area (Å²) in [4.78, 5) is 22.3. The van der Waals surface area contributed by atoms with Crippen molar-refractivity contribution in [1.82, 2.24) is 9.88 Å². The molecule has 2 heterocycles. The third-order valence-corrected chi connectivity index (χ3v) is 4.18. The number of amidine groups is 1. The number of hydrogen-bond donors (Lipinski definition) is 0. The highest BCUT2D eigenvalue weighted by Crippen LogP contribution is 2.25. The van der Waals surface area contributed by atoms with Crippen LogP contribution in [0, 0.1) is 0 Å². The maximum absolute atomic E-state index is 12.0. The van der Waals surface area contributed by atoms with Gasteiger partial charge in [-0.1, -0.05) is 29.4 Å². The lowest BCUT2D eigenvalue weighted by Crippen LogP contribution is -2.28. The number of carbonyl (C=O) groups is 1. The molecule has 1 fully saturated rings. The molecule has 0 atom stereocenters. The summed E-state index contributed by atoms with van der Waals surface area (Å²) in [6.45, 7) is 0.492. The average molecular weight is 318 g/mol. The molecule has 0 saturated carbocycles. The zero-order valence-corrected chi connectivity index (χ0v) is 12.6. The van der Waals surface area contributed by atoms with Crippen molar-refractivity contribution in [2.24, 2.45) is 4.99 Å². The van der Waals surface area contributed by atoms with Crippen LogP contribution in [0.15, 0.2) is 53.8 Å². The second kappa shape index (κ2) is 6.28. The molecule has 0 N–H and O–H groups in total. The Bertz CT molecular complexity index is 673. The maximum Gasteiger partial charge on any atom is 0.239 e. The minimum Gasteiger partial charge on any atom is -0.286 e. The van der Waals surface area contributed by atoms with Gasteiger partial charge in [-0.2, -0.15) is 0 Å². The smallest absolute Gasteiger partial charge is 0.239 e. The van der Waals surface area contributed by atoms with Gasteiger partial charge in [0.15, 0.2) is 5.17 Å². The number of halogens is 1. The fourth-order valence-electron chi connectivity index (χ4n) is 1.94. The van der Waals surface area contributed by atoms with Crippen LogP contribution in [0.3, 0.4) is 0 Å². The summed E-state index contributed by atoms with van der Waals surface area (Å²) >= 11 is 7.31. The van der Waals surface area contributed by atoms with Gasteiger partial charge < -0.3 is 0 Å². The second-order valence-electron chi connectivity index (χ2n) is 4.50. The van der Waals surface area contributed by atoms with Crippen molar-refractivity contribution in [2.45, 2.75) is 6.54 Å². The average Bonchev–Trinajstić information content (AvgIpc) is 2.84. The Hall–Kier alpha value is -1.85. The molecule has 0 radical (unpaired) electrons. The molecular formula is C15H12ClN3OS. The SMILES string of the molecule is O=C1CSC(=Nc2ccc(Cl)cc2)N1Cc1cccnc1. The Morgan fingerprint density at radius 2 is 2.10 bits per heavy atom. The fraction of sp³-hybridized carbons (Fsp3) is 0.133. The summed E-state index contributed by atoms with van der Waals surface area (Å²) in [6.07, 6.45) is 3.48. The number of nitrogens with zero attached hydrogens (tertiary/aromatic N) is 3. The van der Waals surface area contributed by atoms with Gasteiger partial charge in [-0.25, -0.2) is 4.99 Å². The van der Waals surface area contributed by atoms with Gasteiger partial charge in [0.1, 0.15) is 0 Å². The zero-order chi connectivity index (χ0) is 14.7. The zero-order valence-electron chi connectivity index (χ0n) is 11.1. The van der Waals surface area contributed by atoms with Crippen LogP contribution in [0.2, 0.25) is 5.02 Å². The highest BCUT2D eigenvalue weighted by Gasteiger charge is 2.28. The van der Waals surface area contributed by atoms with Crippen molar-refractivity contribution in [3.05, 3.63) is 59.4 Å². The van der Waals surface area contributed by atoms with E-state index in [-0.39, 0.29) is 5.91 Å². The minimum atomic E-state index is 0.0663. The van der Waals surface area contributed by atoms with E-state index in [9.17, 15) is 4.79 Å². The highest BCUT2D eigenvalue weighted by molar-refractivity contribution is 8.15. The molecule has 1 aliphatic rings. The summed E-state index contributed by atoms with van der Waals surface area (Å²) < 4.78 is 0. The van der Waals surface area contributed by atoms with E-state index < -0.39 is 0 Å². The quantitative estimate of drug-likeness (QED) is 0.870. The van der Waals surface area contributed by atoms with Gasteiger partial charge in [-0.15, -0.1) is 0 Å². The molecule has 0 spiro atoms. The van der Waals surface area contributed by atoms with Gasteiger partial charge in [-0.05, 0) is 35.9 Å². The lowest BCUT2D eigenvalue weighted by molar-refractivity contribution is -0.124. The summed E-state index contributed by atoms with van der Waals surface area (Å²) in [5.41, 5.74) is 1.77. The molecule has 1 aromatic heterocycles. The van der Waals surface area contributed by atoms with Crippen molar-refractivity contribution < 1.29 is 4.79 Å². The second-order valence-corrected chi connectivity index (χ2v) is 5.88. The van der Waals surface area contributed by atoms with Gasteiger partial charge in [0.05, 0.1) is 18.0 Å². The molecular weight excluding hydrogens is 306 g/mol. The molecule has 6 heteroatoms. The molecule has 21 heavy (non-hydrogen) atoms. The van der Waals surface area contributed by atoms with Crippen molar-refractivity contribution in [3.8, 4) is 0 Å². The number of amides is 1. The van der Waals surface area contributed by atoms with Crippen LogP contribution in [-0.2, 0) is 11.3 Å². The van der Waals surface area contributed by atoms with Crippen LogP contribution in [0.25, 0.3) is 0 Å². The Kier molecular flexibility index (Phi) is 4.22. The van der Waals surface area contributed by atoms with Gasteiger partial charge in [0.2, 0.25) is 5.91 Å². The lowest BCUT2D eigenvalue weighted by atomic mass is 10.3. The highest BCUT2D eigenvalue weighted by atomic mass is 35.5. The van der Waals surface area contributed by atoms with Crippen LogP contribution < -0.4 is 0 Å². The van der Waals surface area contributed by atoms with Gasteiger partial charge in [0, 0.05) is 17.4 Å². The predicted molar refractivity (Wildman–Crippen MR) is 85.8 cm³/mol. The van der Waals surface area contributed by atoms with E-state index in [2.05, 4.69) is 9.98 Å². The third kappa shape index (κ3) is 3.43. The first-order valence-electron chi connectivity index (χ1n) is 6.39. The Morgan fingerprint density at radius 1 is 1.29 bits per heavy atom. The van der Waals surface area contributed by atoms with E-state index in [1.165, 1.54) is 11.8 Å². The van der Waals surface area contributed by atoms with Crippen LogP contribution in [-0.4, -0.2) is 26.7 Å². The van der Waals surface area contributed by atoms with Gasteiger partial charge >= 0.3 is 0 Å². The Morgan fingerprint density at radius 3 is 2.81 bits per heavy atom. The van der Waals surface area contributed by atoms with Gasteiger partial charge in [-0.3, -0.25) is 14.7 Å². The van der Waals surface area contributed by atoms with Crippen molar-refractivity contribution in [1.29, 1.82) is 0 Å². The number of benzene rings is 1. The Labute approximate surface area is 131 Å². The van der Waals surface area contributed by atoms with Crippen molar-refractivity contribution >= 4 is 40.1 Å².